The van der Waals surface area contributed by atoms with Gasteiger partial charge in [0, 0.05) is 11.3 Å². The minimum Gasteiger partial charge on any atom is -0.284 e. The van der Waals surface area contributed by atoms with Crippen molar-refractivity contribution in [2.45, 2.75) is 6.43 Å². The average molecular weight is 221 g/mol. The predicted octanol–water partition coefficient (Wildman–Crippen LogP) is 2.00. The van der Waals surface area contributed by atoms with E-state index >= 15 is 0 Å². The van der Waals surface area contributed by atoms with Crippen LogP contribution in [0.1, 0.15) is 12.0 Å². The molecule has 0 aromatic heterocycles. The SMILES string of the molecule is CS(=O)(=O)Nc1cccc(C(F)F)c1. The Bertz CT molecular complexity index is 417. The lowest BCUT2D eigenvalue weighted by atomic mass is 10.2. The molecule has 14 heavy (non-hydrogen) atoms. The molecule has 6 heteroatoms. The maximum Gasteiger partial charge on any atom is 0.263 e. The zero-order chi connectivity index (χ0) is 10.8. The lowest BCUT2D eigenvalue weighted by Crippen LogP contribution is -2.09. The lowest BCUT2D eigenvalue weighted by molar-refractivity contribution is 0.151. The van der Waals surface area contributed by atoms with E-state index in [4.69, 9.17) is 0 Å². The summed E-state index contributed by atoms with van der Waals surface area (Å²) in [7, 11) is -3.41. The van der Waals surface area contributed by atoms with Gasteiger partial charge in [-0.1, -0.05) is 12.1 Å². The first-order valence-corrected chi connectivity index (χ1v) is 5.63. The van der Waals surface area contributed by atoms with Crippen LogP contribution in [-0.4, -0.2) is 14.7 Å². The third-order valence-electron chi connectivity index (χ3n) is 1.44. The number of sulfonamides is 1. The molecule has 0 aliphatic carbocycles. The van der Waals surface area contributed by atoms with Crippen LogP contribution in [0.4, 0.5) is 14.5 Å². The maximum atomic E-state index is 12.2. The van der Waals surface area contributed by atoms with Crippen LogP contribution in [-0.2, 0) is 10.0 Å². The molecule has 0 atom stereocenters. The highest BCUT2D eigenvalue weighted by Crippen LogP contribution is 2.21. The topological polar surface area (TPSA) is 46.2 Å². The molecule has 3 nitrogen and oxygen atoms in total. The second-order valence-electron chi connectivity index (χ2n) is 2.80. The average Bonchev–Trinajstić information content (AvgIpc) is 2.01. The molecule has 1 N–H and O–H groups in total. The highest BCUT2D eigenvalue weighted by molar-refractivity contribution is 7.92. The highest BCUT2D eigenvalue weighted by atomic mass is 32.2. The molecule has 0 bridgehead atoms. The van der Waals surface area contributed by atoms with E-state index in [1.165, 1.54) is 18.2 Å². The molecule has 1 aromatic rings. The molecule has 0 fully saturated rings. The Morgan fingerprint density at radius 3 is 2.50 bits per heavy atom. The number of alkyl halides is 2. The number of hydrogen-bond acceptors (Lipinski definition) is 2. The van der Waals surface area contributed by atoms with Crippen molar-refractivity contribution in [3.63, 3.8) is 0 Å². The third-order valence-corrected chi connectivity index (χ3v) is 2.05. The van der Waals surface area contributed by atoms with Crippen LogP contribution in [0, 0.1) is 0 Å². The van der Waals surface area contributed by atoms with Crippen LogP contribution in [0.15, 0.2) is 24.3 Å². The molecular weight excluding hydrogens is 212 g/mol. The van der Waals surface area contributed by atoms with Gasteiger partial charge in [0.15, 0.2) is 0 Å². The van der Waals surface area contributed by atoms with E-state index in [0.717, 1.165) is 12.3 Å². The van der Waals surface area contributed by atoms with Crippen molar-refractivity contribution in [3.05, 3.63) is 29.8 Å². The summed E-state index contributed by atoms with van der Waals surface area (Å²) in [5.74, 6) is 0. The van der Waals surface area contributed by atoms with Crippen molar-refractivity contribution in [1.82, 2.24) is 0 Å². The van der Waals surface area contributed by atoms with E-state index in [0.29, 0.717) is 0 Å². The zero-order valence-corrected chi connectivity index (χ0v) is 8.18. The largest absolute Gasteiger partial charge is 0.284 e. The summed E-state index contributed by atoms with van der Waals surface area (Å²) in [6.07, 6.45) is -1.64. The van der Waals surface area contributed by atoms with E-state index in [1.807, 2.05) is 0 Å². The first kappa shape index (κ1) is 10.9. The molecule has 78 valence electrons. The van der Waals surface area contributed by atoms with E-state index in [1.54, 1.807) is 0 Å². The van der Waals surface area contributed by atoms with Gasteiger partial charge in [-0.05, 0) is 12.1 Å². The summed E-state index contributed by atoms with van der Waals surface area (Å²) in [4.78, 5) is 0. The smallest absolute Gasteiger partial charge is 0.263 e. The van der Waals surface area contributed by atoms with Crippen molar-refractivity contribution in [2.24, 2.45) is 0 Å². The predicted molar refractivity (Wildman–Crippen MR) is 49.9 cm³/mol. The van der Waals surface area contributed by atoms with Crippen LogP contribution in [0.2, 0.25) is 0 Å². The number of benzene rings is 1. The summed E-state index contributed by atoms with van der Waals surface area (Å²) in [5.41, 5.74) is -0.0658. The van der Waals surface area contributed by atoms with E-state index in [9.17, 15) is 17.2 Å². The molecule has 1 rings (SSSR count). The summed E-state index contributed by atoms with van der Waals surface area (Å²) in [6.45, 7) is 0. The van der Waals surface area contributed by atoms with Gasteiger partial charge in [-0.25, -0.2) is 17.2 Å². The normalized spacial score (nSPS) is 11.7. The molecule has 0 spiro atoms. The minimum atomic E-state index is -3.41. The van der Waals surface area contributed by atoms with Crippen molar-refractivity contribution in [2.75, 3.05) is 11.0 Å². The zero-order valence-electron chi connectivity index (χ0n) is 7.37. The fourth-order valence-corrected chi connectivity index (χ4v) is 1.51. The van der Waals surface area contributed by atoms with Gasteiger partial charge in [-0.15, -0.1) is 0 Å². The minimum absolute atomic E-state index is 0.144. The van der Waals surface area contributed by atoms with Gasteiger partial charge >= 0.3 is 0 Å². The number of anilines is 1. The summed E-state index contributed by atoms with van der Waals surface area (Å²) in [6, 6.07) is 5.12. The maximum absolute atomic E-state index is 12.2. The van der Waals surface area contributed by atoms with Crippen molar-refractivity contribution in [3.8, 4) is 0 Å². The monoisotopic (exact) mass is 221 g/mol. The summed E-state index contributed by atoms with van der Waals surface area (Å²) >= 11 is 0. The van der Waals surface area contributed by atoms with Crippen LogP contribution in [0.25, 0.3) is 0 Å². The van der Waals surface area contributed by atoms with Gasteiger partial charge < -0.3 is 0 Å². The first-order valence-electron chi connectivity index (χ1n) is 3.74. The van der Waals surface area contributed by atoms with Crippen LogP contribution >= 0.6 is 0 Å². The van der Waals surface area contributed by atoms with Gasteiger partial charge in [0.2, 0.25) is 10.0 Å². The van der Waals surface area contributed by atoms with Crippen molar-refractivity contribution in [1.29, 1.82) is 0 Å². The Hall–Kier alpha value is -1.17. The molecular formula is C8H9F2NO2S. The number of nitrogens with one attached hydrogen (secondary N) is 1. The fourth-order valence-electron chi connectivity index (χ4n) is 0.952. The highest BCUT2D eigenvalue weighted by Gasteiger charge is 2.08. The summed E-state index contributed by atoms with van der Waals surface area (Å²) < 4.78 is 48.1. The second kappa shape index (κ2) is 3.91. The Morgan fingerprint density at radius 1 is 1.36 bits per heavy atom. The van der Waals surface area contributed by atoms with Crippen LogP contribution < -0.4 is 4.72 Å². The molecule has 0 unspecified atom stereocenters. The Morgan fingerprint density at radius 2 is 2.00 bits per heavy atom. The van der Waals surface area contributed by atoms with Gasteiger partial charge in [0.25, 0.3) is 6.43 Å². The lowest BCUT2D eigenvalue weighted by Gasteiger charge is -2.05. The first-order chi connectivity index (χ1) is 6.38. The third kappa shape index (κ3) is 3.29. The number of hydrogen-bond donors (Lipinski definition) is 1. The van der Waals surface area contributed by atoms with Gasteiger partial charge in [-0.3, -0.25) is 4.72 Å². The van der Waals surface area contributed by atoms with Crippen LogP contribution in [0.5, 0.6) is 0 Å². The van der Waals surface area contributed by atoms with Crippen molar-refractivity contribution >= 4 is 15.7 Å². The molecule has 0 radical (unpaired) electrons. The fraction of sp³-hybridized carbons (Fsp3) is 0.250. The molecule has 0 aliphatic heterocycles. The second-order valence-corrected chi connectivity index (χ2v) is 4.55. The van der Waals surface area contributed by atoms with E-state index < -0.39 is 16.4 Å². The van der Waals surface area contributed by atoms with Crippen LogP contribution in [0.3, 0.4) is 0 Å². The Kier molecular flexibility index (Phi) is 3.05. The standard InChI is InChI=1S/C8H9F2NO2S/c1-14(12,13)11-7-4-2-3-6(5-7)8(9)10/h2-5,8,11H,1H3. The Balaban J connectivity index is 2.95. The van der Waals surface area contributed by atoms with Gasteiger partial charge in [-0.2, -0.15) is 0 Å². The molecule has 0 amide bonds. The molecule has 1 aromatic carbocycles. The quantitative estimate of drug-likeness (QED) is 0.848. The van der Waals surface area contributed by atoms with E-state index in [-0.39, 0.29) is 11.3 Å². The molecule has 0 heterocycles. The van der Waals surface area contributed by atoms with Gasteiger partial charge in [0.1, 0.15) is 0 Å². The molecule has 0 saturated heterocycles. The van der Waals surface area contributed by atoms with Crippen molar-refractivity contribution < 1.29 is 17.2 Å². The molecule has 0 saturated carbocycles. The summed E-state index contributed by atoms with van der Waals surface area (Å²) in [5, 5.41) is 0. The van der Waals surface area contributed by atoms with E-state index in [2.05, 4.69) is 4.72 Å². The van der Waals surface area contributed by atoms with Gasteiger partial charge in [0.05, 0.1) is 6.26 Å². The number of halogens is 2. The Labute approximate surface area is 80.8 Å². The number of rotatable bonds is 3. The molecule has 0 aliphatic rings.